The molecule has 3 aliphatic rings. The van der Waals surface area contributed by atoms with E-state index < -0.39 is 33.9 Å². The number of aryl methyl sites for hydroxylation is 1. The van der Waals surface area contributed by atoms with Crippen LogP contribution in [0.4, 0.5) is 4.39 Å². The van der Waals surface area contributed by atoms with Gasteiger partial charge in [0, 0.05) is 31.6 Å². The Bertz CT molecular complexity index is 1480. The third-order valence-corrected chi connectivity index (χ3v) is 8.67. The molecule has 0 aromatic heterocycles. The van der Waals surface area contributed by atoms with Crippen LogP contribution in [0.2, 0.25) is 0 Å². The van der Waals surface area contributed by atoms with Crippen LogP contribution in [0, 0.1) is 12.7 Å². The second-order valence-corrected chi connectivity index (χ2v) is 11.5. The number of halogens is 1. The number of carbonyl (C=O) groups is 2. The number of sulfonamides is 1. The minimum Gasteiger partial charge on any atom is -0.488 e. The molecule has 3 heterocycles. The Balaban J connectivity index is 1.46. The van der Waals surface area contributed by atoms with E-state index in [2.05, 4.69) is 10.6 Å². The van der Waals surface area contributed by atoms with Gasteiger partial charge < -0.3 is 20.1 Å². The van der Waals surface area contributed by atoms with Crippen molar-refractivity contribution in [1.29, 1.82) is 0 Å². The molecule has 3 aliphatic heterocycles. The van der Waals surface area contributed by atoms with Crippen molar-refractivity contribution in [1.82, 2.24) is 14.9 Å². The molecule has 0 radical (unpaired) electrons. The van der Waals surface area contributed by atoms with E-state index in [0.29, 0.717) is 30.0 Å². The third kappa shape index (κ3) is 6.04. The second-order valence-electron chi connectivity index (χ2n) is 9.53. The van der Waals surface area contributed by atoms with Crippen molar-refractivity contribution < 1.29 is 31.9 Å². The number of hydrogen-bond donors (Lipinski definition) is 2. The van der Waals surface area contributed by atoms with Crippen molar-refractivity contribution in [2.75, 3.05) is 19.7 Å². The highest BCUT2D eigenvalue weighted by atomic mass is 32.2. The molecule has 204 valence electrons. The lowest BCUT2D eigenvalue weighted by Crippen LogP contribution is -2.58. The number of carbonyl (C=O) groups excluding carboxylic acids is 2. The van der Waals surface area contributed by atoms with Gasteiger partial charge in [-0.1, -0.05) is 18.2 Å². The van der Waals surface area contributed by atoms with E-state index in [4.69, 9.17) is 9.47 Å². The summed E-state index contributed by atoms with van der Waals surface area (Å²) in [4.78, 5) is 25.6. The van der Waals surface area contributed by atoms with Gasteiger partial charge in [-0.15, -0.1) is 0 Å². The lowest BCUT2D eigenvalue weighted by molar-refractivity contribution is -0.123. The molecule has 1 fully saturated rings. The maximum Gasteiger partial charge on any atom is 0.258 e. The summed E-state index contributed by atoms with van der Waals surface area (Å²) >= 11 is 0. The van der Waals surface area contributed by atoms with Gasteiger partial charge in [0.05, 0.1) is 10.9 Å². The van der Waals surface area contributed by atoms with Crippen LogP contribution in [0.15, 0.2) is 71.6 Å². The molecule has 2 N–H and O–H groups in total. The zero-order chi connectivity index (χ0) is 27.6. The molecular weight excluding hydrogens is 525 g/mol. The van der Waals surface area contributed by atoms with Crippen molar-refractivity contribution in [3.05, 3.63) is 89.2 Å². The predicted molar refractivity (Wildman–Crippen MR) is 140 cm³/mol. The SMILES string of the molecule is Cc1ccc2cc1OCC(=O)NCc1ccc(cc1)O[C@H]1CCN(S(=O)(=O)c3ccc(F)cc3)C[C@@H]1NC2=O. The van der Waals surface area contributed by atoms with Crippen LogP contribution >= 0.6 is 0 Å². The van der Waals surface area contributed by atoms with Crippen molar-refractivity contribution in [3.8, 4) is 11.5 Å². The van der Waals surface area contributed by atoms with Gasteiger partial charge in [-0.2, -0.15) is 4.31 Å². The molecule has 0 spiro atoms. The van der Waals surface area contributed by atoms with Crippen LogP contribution in [0.1, 0.15) is 27.9 Å². The van der Waals surface area contributed by atoms with E-state index in [0.717, 1.165) is 23.3 Å². The van der Waals surface area contributed by atoms with Crippen molar-refractivity contribution in [2.45, 2.75) is 36.9 Å². The first-order chi connectivity index (χ1) is 18.7. The molecule has 3 aromatic carbocycles. The first-order valence-electron chi connectivity index (χ1n) is 12.5. The smallest absolute Gasteiger partial charge is 0.258 e. The largest absolute Gasteiger partial charge is 0.488 e. The average Bonchev–Trinajstić information content (AvgIpc) is 2.93. The molecule has 0 unspecified atom stereocenters. The molecular formula is C28H28FN3O6S. The highest BCUT2D eigenvalue weighted by Gasteiger charge is 2.38. The Morgan fingerprint density at radius 1 is 1.00 bits per heavy atom. The van der Waals surface area contributed by atoms with Gasteiger partial charge in [-0.25, -0.2) is 12.8 Å². The number of nitrogens with one attached hydrogen (secondary N) is 2. The molecule has 11 heteroatoms. The average molecular weight is 554 g/mol. The number of fused-ring (bicyclic) bond motifs is 7. The summed E-state index contributed by atoms with van der Waals surface area (Å²) in [5.41, 5.74) is 1.91. The van der Waals surface area contributed by atoms with Crippen LogP contribution < -0.4 is 20.1 Å². The first-order valence-corrected chi connectivity index (χ1v) is 14.0. The van der Waals surface area contributed by atoms with E-state index in [-0.39, 0.29) is 30.5 Å². The lowest BCUT2D eigenvalue weighted by Gasteiger charge is -2.38. The van der Waals surface area contributed by atoms with E-state index in [1.54, 1.807) is 30.3 Å². The van der Waals surface area contributed by atoms with Gasteiger partial charge in [0.15, 0.2) is 6.61 Å². The van der Waals surface area contributed by atoms with E-state index >= 15 is 0 Å². The molecule has 4 bridgehead atoms. The Kier molecular flexibility index (Phi) is 7.53. The maximum atomic E-state index is 13.4. The van der Waals surface area contributed by atoms with Crippen LogP contribution in [0.5, 0.6) is 11.5 Å². The Morgan fingerprint density at radius 2 is 1.74 bits per heavy atom. The summed E-state index contributed by atoms with van der Waals surface area (Å²) < 4.78 is 53.2. The summed E-state index contributed by atoms with van der Waals surface area (Å²) in [7, 11) is -3.93. The number of benzene rings is 3. The maximum absolute atomic E-state index is 13.4. The van der Waals surface area contributed by atoms with Gasteiger partial charge in [-0.3, -0.25) is 9.59 Å². The van der Waals surface area contributed by atoms with Gasteiger partial charge in [0.2, 0.25) is 10.0 Å². The molecule has 6 rings (SSSR count). The number of rotatable bonds is 2. The van der Waals surface area contributed by atoms with Gasteiger partial charge in [-0.05, 0) is 66.6 Å². The highest BCUT2D eigenvalue weighted by molar-refractivity contribution is 7.89. The molecule has 0 aliphatic carbocycles. The second kappa shape index (κ2) is 11.0. The van der Waals surface area contributed by atoms with Crippen LogP contribution in [0.25, 0.3) is 0 Å². The third-order valence-electron chi connectivity index (χ3n) is 6.79. The summed E-state index contributed by atoms with van der Waals surface area (Å²) in [5, 5.41) is 5.74. The summed E-state index contributed by atoms with van der Waals surface area (Å²) in [6.07, 6.45) is -0.207. The van der Waals surface area contributed by atoms with Crippen LogP contribution in [0.3, 0.4) is 0 Å². The van der Waals surface area contributed by atoms with Gasteiger partial charge in [0.25, 0.3) is 11.8 Å². The van der Waals surface area contributed by atoms with Crippen LogP contribution in [-0.4, -0.2) is 56.4 Å². The number of amides is 2. The molecule has 2 atom stereocenters. The fourth-order valence-corrected chi connectivity index (χ4v) is 6.04. The zero-order valence-electron chi connectivity index (χ0n) is 21.2. The van der Waals surface area contributed by atoms with E-state index in [1.807, 2.05) is 19.1 Å². The quantitative estimate of drug-likeness (QED) is 0.505. The number of ether oxygens (including phenoxy) is 2. The number of piperidine rings is 1. The number of nitrogens with zero attached hydrogens (tertiary/aromatic N) is 1. The molecule has 2 amide bonds. The van der Waals surface area contributed by atoms with Crippen molar-refractivity contribution >= 4 is 21.8 Å². The van der Waals surface area contributed by atoms with E-state index in [1.165, 1.54) is 16.4 Å². The molecule has 3 aromatic rings. The van der Waals surface area contributed by atoms with Crippen LogP contribution in [-0.2, 0) is 21.4 Å². The topological polar surface area (TPSA) is 114 Å². The normalized spacial score (nSPS) is 20.6. The molecule has 39 heavy (non-hydrogen) atoms. The molecule has 0 saturated carbocycles. The summed E-state index contributed by atoms with van der Waals surface area (Å²) in [5.74, 6) is -0.336. The lowest BCUT2D eigenvalue weighted by atomic mass is 10.0. The van der Waals surface area contributed by atoms with Crippen molar-refractivity contribution in [2.24, 2.45) is 0 Å². The Hall–Kier alpha value is -3.96. The van der Waals surface area contributed by atoms with Gasteiger partial charge in [0.1, 0.15) is 23.4 Å². The zero-order valence-corrected chi connectivity index (χ0v) is 22.0. The fraction of sp³-hybridized carbons (Fsp3) is 0.286. The molecule has 9 nitrogen and oxygen atoms in total. The van der Waals surface area contributed by atoms with Gasteiger partial charge >= 0.3 is 0 Å². The van der Waals surface area contributed by atoms with E-state index in [9.17, 15) is 22.4 Å². The van der Waals surface area contributed by atoms with Crippen molar-refractivity contribution in [3.63, 3.8) is 0 Å². The summed E-state index contributed by atoms with van der Waals surface area (Å²) in [6.45, 7) is 2.02. The Morgan fingerprint density at radius 3 is 2.49 bits per heavy atom. The summed E-state index contributed by atoms with van der Waals surface area (Å²) in [6, 6.07) is 16.0. The highest BCUT2D eigenvalue weighted by Crippen LogP contribution is 2.26. The minimum atomic E-state index is -3.93. The fourth-order valence-electron chi connectivity index (χ4n) is 4.56. The predicted octanol–water partition coefficient (Wildman–Crippen LogP) is 2.78. The number of hydrogen-bond acceptors (Lipinski definition) is 6. The molecule has 1 saturated heterocycles. The monoisotopic (exact) mass is 553 g/mol. The standard InChI is InChI=1S/C28H28FN3O6S/c1-18-2-5-20-14-26(18)37-17-27(33)30-15-19-3-8-22(9-4-19)38-25-12-13-32(16-24(25)31-28(20)34)39(35,36)23-10-6-21(29)7-11-23/h2-11,14,24-25H,12-13,15-17H2,1H3,(H,30,33)(H,31,34)/t24-,25-/m0/s1. The minimum absolute atomic E-state index is 0.0297. The Labute approximate surface area is 226 Å². The first kappa shape index (κ1) is 26.6.